The first-order valence-electron chi connectivity index (χ1n) is 5.63. The standard InChI is InChI=1S/C12H15ClN2O2/c13-10-3-1-2-4-11(10)17-8-12(16)15-9-5-6-14-7-9/h1-4,9,14H,5-8H2,(H,15,16). The van der Waals surface area contributed by atoms with E-state index in [2.05, 4.69) is 10.6 Å². The predicted molar refractivity (Wildman–Crippen MR) is 66.4 cm³/mol. The highest BCUT2D eigenvalue weighted by molar-refractivity contribution is 6.32. The Bertz CT molecular complexity index is 392. The number of hydrogen-bond acceptors (Lipinski definition) is 3. The van der Waals surface area contributed by atoms with Crippen LogP contribution in [-0.4, -0.2) is 31.6 Å². The summed E-state index contributed by atoms with van der Waals surface area (Å²) in [6.45, 7) is 1.79. The van der Waals surface area contributed by atoms with E-state index < -0.39 is 0 Å². The molecule has 1 aromatic carbocycles. The van der Waals surface area contributed by atoms with Gasteiger partial charge in [0.25, 0.3) is 5.91 Å². The quantitative estimate of drug-likeness (QED) is 0.849. The maximum atomic E-state index is 11.6. The number of carbonyl (C=O) groups is 1. The third-order valence-electron chi connectivity index (χ3n) is 2.62. The maximum absolute atomic E-state index is 11.6. The highest BCUT2D eigenvalue weighted by Gasteiger charge is 2.16. The molecule has 92 valence electrons. The molecule has 0 saturated carbocycles. The molecule has 1 aromatic rings. The fourth-order valence-corrected chi connectivity index (χ4v) is 1.94. The Hall–Kier alpha value is -1.26. The van der Waals surface area contributed by atoms with Crippen molar-refractivity contribution < 1.29 is 9.53 Å². The number of ether oxygens (including phenoxy) is 1. The first-order chi connectivity index (χ1) is 8.25. The minimum absolute atomic E-state index is 0.000231. The van der Waals surface area contributed by atoms with E-state index in [1.807, 2.05) is 12.1 Å². The van der Waals surface area contributed by atoms with Gasteiger partial charge in [-0.3, -0.25) is 4.79 Å². The highest BCUT2D eigenvalue weighted by Crippen LogP contribution is 2.22. The van der Waals surface area contributed by atoms with Crippen molar-refractivity contribution in [3.05, 3.63) is 29.3 Å². The summed E-state index contributed by atoms with van der Waals surface area (Å²) in [5.41, 5.74) is 0. The highest BCUT2D eigenvalue weighted by atomic mass is 35.5. The van der Waals surface area contributed by atoms with Crippen LogP contribution in [0.4, 0.5) is 0 Å². The van der Waals surface area contributed by atoms with Gasteiger partial charge in [0.1, 0.15) is 5.75 Å². The summed E-state index contributed by atoms with van der Waals surface area (Å²) in [6, 6.07) is 7.33. The molecule has 1 fully saturated rings. The van der Waals surface area contributed by atoms with Gasteiger partial charge in [-0.2, -0.15) is 0 Å². The Morgan fingerprint density at radius 2 is 2.35 bits per heavy atom. The van der Waals surface area contributed by atoms with Crippen LogP contribution in [0.3, 0.4) is 0 Å². The minimum atomic E-state index is -0.112. The van der Waals surface area contributed by atoms with Crippen LogP contribution in [0, 0.1) is 0 Å². The van der Waals surface area contributed by atoms with Crippen molar-refractivity contribution in [2.24, 2.45) is 0 Å². The van der Waals surface area contributed by atoms with Crippen molar-refractivity contribution in [2.45, 2.75) is 12.5 Å². The number of rotatable bonds is 4. The van der Waals surface area contributed by atoms with Crippen LogP contribution in [0.1, 0.15) is 6.42 Å². The van der Waals surface area contributed by atoms with Crippen molar-refractivity contribution in [2.75, 3.05) is 19.7 Å². The Labute approximate surface area is 105 Å². The van der Waals surface area contributed by atoms with Crippen LogP contribution in [-0.2, 0) is 4.79 Å². The summed E-state index contributed by atoms with van der Waals surface area (Å²) < 4.78 is 5.34. The number of halogens is 1. The van der Waals surface area contributed by atoms with Gasteiger partial charge in [-0.05, 0) is 25.1 Å². The van der Waals surface area contributed by atoms with Gasteiger partial charge in [0.2, 0.25) is 0 Å². The molecule has 0 spiro atoms. The Morgan fingerprint density at radius 3 is 3.06 bits per heavy atom. The molecule has 4 nitrogen and oxygen atoms in total. The van der Waals surface area contributed by atoms with Gasteiger partial charge in [0.05, 0.1) is 5.02 Å². The van der Waals surface area contributed by atoms with Gasteiger partial charge >= 0.3 is 0 Å². The van der Waals surface area contributed by atoms with Crippen LogP contribution in [0.2, 0.25) is 5.02 Å². The number of para-hydroxylation sites is 1. The van der Waals surface area contributed by atoms with Crippen molar-refractivity contribution in [1.29, 1.82) is 0 Å². The van der Waals surface area contributed by atoms with E-state index in [-0.39, 0.29) is 18.6 Å². The van der Waals surface area contributed by atoms with Crippen molar-refractivity contribution in [1.82, 2.24) is 10.6 Å². The van der Waals surface area contributed by atoms with Gasteiger partial charge in [-0.1, -0.05) is 23.7 Å². The van der Waals surface area contributed by atoms with Gasteiger partial charge in [0.15, 0.2) is 6.61 Å². The topological polar surface area (TPSA) is 50.4 Å². The zero-order valence-corrected chi connectivity index (χ0v) is 10.2. The molecule has 1 unspecified atom stereocenters. The van der Waals surface area contributed by atoms with Gasteiger partial charge < -0.3 is 15.4 Å². The SMILES string of the molecule is O=C(COc1ccccc1Cl)NC1CCNC1. The average molecular weight is 255 g/mol. The Kier molecular flexibility index (Phi) is 4.23. The minimum Gasteiger partial charge on any atom is -0.482 e. The molecule has 17 heavy (non-hydrogen) atoms. The molecule has 1 saturated heterocycles. The smallest absolute Gasteiger partial charge is 0.258 e. The Balaban J connectivity index is 1.77. The van der Waals surface area contributed by atoms with Crippen LogP contribution >= 0.6 is 11.6 Å². The first kappa shape index (κ1) is 12.2. The third-order valence-corrected chi connectivity index (χ3v) is 2.93. The monoisotopic (exact) mass is 254 g/mol. The molecule has 0 bridgehead atoms. The molecule has 2 N–H and O–H groups in total. The number of hydrogen-bond donors (Lipinski definition) is 2. The summed E-state index contributed by atoms with van der Waals surface area (Å²) in [7, 11) is 0. The molecule has 1 heterocycles. The molecule has 5 heteroatoms. The van der Waals surface area contributed by atoms with E-state index >= 15 is 0 Å². The lowest BCUT2D eigenvalue weighted by Crippen LogP contribution is -2.39. The second-order valence-electron chi connectivity index (χ2n) is 3.98. The number of amides is 1. The maximum Gasteiger partial charge on any atom is 0.258 e. The van der Waals surface area contributed by atoms with Crippen LogP contribution in [0.25, 0.3) is 0 Å². The molecule has 0 aromatic heterocycles. The van der Waals surface area contributed by atoms with E-state index in [1.54, 1.807) is 12.1 Å². The number of carbonyl (C=O) groups excluding carboxylic acids is 1. The lowest BCUT2D eigenvalue weighted by atomic mass is 10.2. The zero-order chi connectivity index (χ0) is 12.1. The summed E-state index contributed by atoms with van der Waals surface area (Å²) >= 11 is 5.91. The first-order valence-corrected chi connectivity index (χ1v) is 6.01. The second-order valence-corrected chi connectivity index (χ2v) is 4.38. The van der Waals surface area contributed by atoms with Crippen LogP contribution in [0.5, 0.6) is 5.75 Å². The van der Waals surface area contributed by atoms with Crippen LogP contribution < -0.4 is 15.4 Å². The average Bonchev–Trinajstić information content (AvgIpc) is 2.81. The van der Waals surface area contributed by atoms with E-state index in [4.69, 9.17) is 16.3 Å². The molecule has 1 atom stereocenters. The lowest BCUT2D eigenvalue weighted by Gasteiger charge is -2.12. The molecular formula is C12H15ClN2O2. The molecule has 0 aliphatic carbocycles. The lowest BCUT2D eigenvalue weighted by molar-refractivity contribution is -0.123. The van der Waals surface area contributed by atoms with E-state index in [9.17, 15) is 4.79 Å². The van der Waals surface area contributed by atoms with Crippen LogP contribution in [0.15, 0.2) is 24.3 Å². The van der Waals surface area contributed by atoms with E-state index in [1.165, 1.54) is 0 Å². The summed E-state index contributed by atoms with van der Waals surface area (Å²) in [5, 5.41) is 6.60. The largest absolute Gasteiger partial charge is 0.482 e. The fourth-order valence-electron chi connectivity index (χ4n) is 1.75. The van der Waals surface area contributed by atoms with E-state index in [0.29, 0.717) is 10.8 Å². The van der Waals surface area contributed by atoms with Crippen molar-refractivity contribution in [3.63, 3.8) is 0 Å². The summed E-state index contributed by atoms with van der Waals surface area (Å²) in [6.07, 6.45) is 0.970. The number of nitrogens with one attached hydrogen (secondary N) is 2. The second kappa shape index (κ2) is 5.89. The fraction of sp³-hybridized carbons (Fsp3) is 0.417. The Morgan fingerprint density at radius 1 is 1.53 bits per heavy atom. The molecule has 1 amide bonds. The van der Waals surface area contributed by atoms with E-state index in [0.717, 1.165) is 19.5 Å². The third kappa shape index (κ3) is 3.61. The van der Waals surface area contributed by atoms with Crippen molar-refractivity contribution in [3.8, 4) is 5.75 Å². The zero-order valence-electron chi connectivity index (χ0n) is 9.41. The normalized spacial score (nSPS) is 19.0. The molecule has 1 aliphatic heterocycles. The molecule has 0 radical (unpaired) electrons. The van der Waals surface area contributed by atoms with Gasteiger partial charge in [-0.15, -0.1) is 0 Å². The van der Waals surface area contributed by atoms with Crippen molar-refractivity contribution >= 4 is 17.5 Å². The van der Waals surface area contributed by atoms with Gasteiger partial charge in [-0.25, -0.2) is 0 Å². The molecule has 1 aliphatic rings. The number of benzene rings is 1. The molecule has 2 rings (SSSR count). The molecular weight excluding hydrogens is 240 g/mol. The summed E-state index contributed by atoms with van der Waals surface area (Å²) in [4.78, 5) is 11.6. The predicted octanol–water partition coefficient (Wildman–Crippen LogP) is 1.20. The van der Waals surface area contributed by atoms with Gasteiger partial charge in [0, 0.05) is 12.6 Å². The summed E-state index contributed by atoms with van der Waals surface area (Å²) in [5.74, 6) is 0.424.